The van der Waals surface area contributed by atoms with Crippen molar-refractivity contribution >= 4 is 22.8 Å². The Morgan fingerprint density at radius 1 is 1.42 bits per heavy atom. The molecule has 1 aromatic carbocycles. The number of urea groups is 1. The van der Waals surface area contributed by atoms with Crippen molar-refractivity contribution in [3.05, 3.63) is 24.5 Å². The zero-order valence-electron chi connectivity index (χ0n) is 10.9. The lowest BCUT2D eigenvalue weighted by Gasteiger charge is -2.07. The third-order valence-electron chi connectivity index (χ3n) is 2.56. The summed E-state index contributed by atoms with van der Waals surface area (Å²) in [6.07, 6.45) is 2.61. The quantitative estimate of drug-likeness (QED) is 0.698. The van der Waals surface area contributed by atoms with Crippen molar-refractivity contribution in [2.45, 2.75) is 13.3 Å². The molecule has 0 unspecified atom stereocenters. The maximum absolute atomic E-state index is 11.6. The van der Waals surface area contributed by atoms with E-state index in [1.165, 1.54) is 0 Å². The lowest BCUT2D eigenvalue weighted by molar-refractivity contribution is 0.137. The van der Waals surface area contributed by atoms with Gasteiger partial charge in [-0.1, -0.05) is 6.92 Å². The van der Waals surface area contributed by atoms with Crippen LogP contribution in [0.2, 0.25) is 0 Å². The van der Waals surface area contributed by atoms with Crippen LogP contribution in [0.5, 0.6) is 0 Å². The van der Waals surface area contributed by atoms with Gasteiger partial charge in [0.1, 0.15) is 0 Å². The number of rotatable bonds is 6. The Hall–Kier alpha value is -2.08. The van der Waals surface area contributed by atoms with Gasteiger partial charge in [0.05, 0.1) is 24.0 Å². The summed E-state index contributed by atoms with van der Waals surface area (Å²) in [4.78, 5) is 18.7. The van der Waals surface area contributed by atoms with Crippen molar-refractivity contribution in [3.8, 4) is 0 Å². The highest BCUT2D eigenvalue weighted by atomic mass is 16.5. The van der Waals surface area contributed by atoms with Gasteiger partial charge in [0.25, 0.3) is 0 Å². The highest BCUT2D eigenvalue weighted by Gasteiger charge is 2.02. The van der Waals surface area contributed by atoms with Crippen LogP contribution in [0.1, 0.15) is 13.3 Å². The number of fused-ring (bicyclic) bond motifs is 1. The molecule has 2 aromatic rings. The van der Waals surface area contributed by atoms with Crippen molar-refractivity contribution < 1.29 is 9.53 Å². The molecule has 1 aromatic heterocycles. The molecule has 2 rings (SSSR count). The molecule has 0 aliphatic heterocycles. The maximum Gasteiger partial charge on any atom is 0.319 e. The van der Waals surface area contributed by atoms with E-state index in [2.05, 4.69) is 20.6 Å². The Bertz CT molecular complexity index is 538. The summed E-state index contributed by atoms with van der Waals surface area (Å²) in [5, 5.41) is 5.49. The van der Waals surface area contributed by atoms with E-state index in [1.54, 1.807) is 6.33 Å². The van der Waals surface area contributed by atoms with E-state index in [-0.39, 0.29) is 6.03 Å². The van der Waals surface area contributed by atoms with Gasteiger partial charge in [-0.2, -0.15) is 0 Å². The summed E-state index contributed by atoms with van der Waals surface area (Å²) < 4.78 is 5.27. The van der Waals surface area contributed by atoms with Gasteiger partial charge in [-0.05, 0) is 24.6 Å². The van der Waals surface area contributed by atoms with Crippen LogP contribution < -0.4 is 10.6 Å². The molecule has 0 spiro atoms. The van der Waals surface area contributed by atoms with Crippen molar-refractivity contribution in [1.82, 2.24) is 15.3 Å². The van der Waals surface area contributed by atoms with Gasteiger partial charge in [-0.15, -0.1) is 0 Å². The number of hydrogen-bond acceptors (Lipinski definition) is 3. The highest BCUT2D eigenvalue weighted by molar-refractivity contribution is 5.91. The lowest BCUT2D eigenvalue weighted by atomic mass is 10.3. The van der Waals surface area contributed by atoms with Crippen LogP contribution in [0.3, 0.4) is 0 Å². The molecule has 6 heteroatoms. The molecule has 0 saturated heterocycles. The molecule has 3 N–H and O–H groups in total. The number of carbonyl (C=O) groups is 1. The minimum atomic E-state index is -0.237. The first-order valence-corrected chi connectivity index (χ1v) is 6.35. The molecule has 19 heavy (non-hydrogen) atoms. The predicted molar refractivity (Wildman–Crippen MR) is 74.2 cm³/mol. The molecule has 6 nitrogen and oxygen atoms in total. The van der Waals surface area contributed by atoms with Crippen molar-refractivity contribution in [2.24, 2.45) is 0 Å². The Balaban J connectivity index is 1.78. The van der Waals surface area contributed by atoms with E-state index in [0.717, 1.165) is 29.7 Å². The van der Waals surface area contributed by atoms with Crippen molar-refractivity contribution in [2.75, 3.05) is 25.1 Å². The highest BCUT2D eigenvalue weighted by Crippen LogP contribution is 2.15. The Morgan fingerprint density at radius 2 is 2.32 bits per heavy atom. The molecule has 0 aliphatic carbocycles. The number of hydrogen-bond donors (Lipinski definition) is 3. The van der Waals surface area contributed by atoms with Gasteiger partial charge in [0.2, 0.25) is 0 Å². The SMILES string of the molecule is CCCOCCNC(=O)Nc1ccc2nc[nH]c2c1. The molecular weight excluding hydrogens is 244 g/mol. The van der Waals surface area contributed by atoms with E-state index >= 15 is 0 Å². The second kappa shape index (κ2) is 6.75. The van der Waals surface area contributed by atoms with Gasteiger partial charge in [0.15, 0.2) is 0 Å². The molecule has 102 valence electrons. The number of carbonyl (C=O) groups excluding carboxylic acids is 1. The first-order chi connectivity index (χ1) is 9.29. The molecule has 2 amide bonds. The minimum Gasteiger partial charge on any atom is -0.380 e. The van der Waals surface area contributed by atoms with Gasteiger partial charge < -0.3 is 20.4 Å². The average molecular weight is 262 g/mol. The van der Waals surface area contributed by atoms with Crippen LogP contribution in [0, 0.1) is 0 Å². The molecule has 0 bridgehead atoms. The summed E-state index contributed by atoms with van der Waals surface area (Å²) in [6.45, 7) is 3.80. The standard InChI is InChI=1S/C13H18N4O2/c1-2-6-19-7-5-14-13(18)17-10-3-4-11-12(8-10)16-9-15-11/h3-4,8-9H,2,5-7H2,1H3,(H,15,16)(H2,14,17,18). The first kappa shape index (κ1) is 13.4. The van der Waals surface area contributed by atoms with Crippen molar-refractivity contribution in [3.63, 3.8) is 0 Å². The average Bonchev–Trinajstić information content (AvgIpc) is 2.86. The van der Waals surface area contributed by atoms with Crippen LogP contribution >= 0.6 is 0 Å². The fourth-order valence-corrected chi connectivity index (χ4v) is 1.67. The summed E-state index contributed by atoms with van der Waals surface area (Å²) in [7, 11) is 0. The Kier molecular flexibility index (Phi) is 4.74. The van der Waals surface area contributed by atoms with Gasteiger partial charge >= 0.3 is 6.03 Å². The van der Waals surface area contributed by atoms with Crippen LogP contribution in [-0.4, -0.2) is 35.8 Å². The molecule has 0 atom stereocenters. The number of benzene rings is 1. The molecular formula is C13H18N4O2. The van der Waals surface area contributed by atoms with E-state index in [0.29, 0.717) is 13.2 Å². The number of nitrogens with zero attached hydrogens (tertiary/aromatic N) is 1. The molecule has 0 fully saturated rings. The minimum absolute atomic E-state index is 0.237. The fourth-order valence-electron chi connectivity index (χ4n) is 1.67. The van der Waals surface area contributed by atoms with E-state index in [4.69, 9.17) is 4.74 Å². The predicted octanol–water partition coefficient (Wildman–Crippen LogP) is 2.11. The molecule has 1 heterocycles. The number of amides is 2. The van der Waals surface area contributed by atoms with Gasteiger partial charge in [-0.3, -0.25) is 0 Å². The van der Waals surface area contributed by atoms with E-state index in [1.807, 2.05) is 25.1 Å². The normalized spacial score (nSPS) is 10.6. The van der Waals surface area contributed by atoms with Crippen LogP contribution in [0.4, 0.5) is 10.5 Å². The van der Waals surface area contributed by atoms with E-state index < -0.39 is 0 Å². The smallest absolute Gasteiger partial charge is 0.319 e. The second-order valence-corrected chi connectivity index (χ2v) is 4.13. The molecule has 0 radical (unpaired) electrons. The largest absolute Gasteiger partial charge is 0.380 e. The second-order valence-electron chi connectivity index (χ2n) is 4.13. The van der Waals surface area contributed by atoms with Crippen LogP contribution in [0.25, 0.3) is 11.0 Å². The topological polar surface area (TPSA) is 79.0 Å². The zero-order chi connectivity index (χ0) is 13.5. The van der Waals surface area contributed by atoms with Gasteiger partial charge in [-0.25, -0.2) is 9.78 Å². The number of imidazole rings is 1. The number of nitrogens with one attached hydrogen (secondary N) is 3. The Morgan fingerprint density at radius 3 is 3.16 bits per heavy atom. The third kappa shape index (κ3) is 3.96. The fraction of sp³-hybridized carbons (Fsp3) is 0.385. The zero-order valence-corrected chi connectivity index (χ0v) is 10.9. The maximum atomic E-state index is 11.6. The Labute approximate surface area is 111 Å². The third-order valence-corrected chi connectivity index (χ3v) is 2.56. The summed E-state index contributed by atoms with van der Waals surface area (Å²) in [5.41, 5.74) is 2.49. The summed E-state index contributed by atoms with van der Waals surface area (Å²) >= 11 is 0. The summed E-state index contributed by atoms with van der Waals surface area (Å²) in [5.74, 6) is 0. The van der Waals surface area contributed by atoms with Crippen LogP contribution in [-0.2, 0) is 4.74 Å². The van der Waals surface area contributed by atoms with E-state index in [9.17, 15) is 4.79 Å². The first-order valence-electron chi connectivity index (χ1n) is 6.35. The van der Waals surface area contributed by atoms with Crippen molar-refractivity contribution in [1.29, 1.82) is 0 Å². The van der Waals surface area contributed by atoms with Crippen LogP contribution in [0.15, 0.2) is 24.5 Å². The number of aromatic nitrogens is 2. The molecule has 0 saturated carbocycles. The number of aromatic amines is 1. The lowest BCUT2D eigenvalue weighted by Crippen LogP contribution is -2.31. The monoisotopic (exact) mass is 262 g/mol. The summed E-state index contributed by atoms with van der Waals surface area (Å²) in [6, 6.07) is 5.27. The molecule has 0 aliphatic rings. The number of H-pyrrole nitrogens is 1. The number of anilines is 1. The van der Waals surface area contributed by atoms with Gasteiger partial charge in [0, 0.05) is 18.8 Å². The number of ether oxygens (including phenoxy) is 1.